The summed E-state index contributed by atoms with van der Waals surface area (Å²) in [6.07, 6.45) is 1.54. The van der Waals surface area contributed by atoms with Gasteiger partial charge in [0.25, 0.3) is 5.91 Å². The molecule has 1 heterocycles. The first kappa shape index (κ1) is 28.0. The SMILES string of the molecule is COc1cccc([C@H](C(=O)Nc2ccc(-c3cn[nH]c3)cc2)N(CCN(C)C(=O)O)C(=O)OC(C)(C)C)c1. The van der Waals surface area contributed by atoms with Gasteiger partial charge >= 0.3 is 12.2 Å². The smallest absolute Gasteiger partial charge is 0.411 e. The van der Waals surface area contributed by atoms with Gasteiger partial charge in [0.15, 0.2) is 0 Å². The first-order chi connectivity index (χ1) is 18.0. The normalized spacial score (nSPS) is 11.8. The fraction of sp³-hybridized carbons (Fsp3) is 0.333. The minimum Gasteiger partial charge on any atom is -0.497 e. The summed E-state index contributed by atoms with van der Waals surface area (Å²) >= 11 is 0. The first-order valence-electron chi connectivity index (χ1n) is 12.0. The summed E-state index contributed by atoms with van der Waals surface area (Å²) in [5, 5.41) is 18.9. The largest absolute Gasteiger partial charge is 0.497 e. The fourth-order valence-electron chi connectivity index (χ4n) is 3.65. The molecule has 1 aromatic heterocycles. The number of likely N-dealkylation sites (N-methyl/N-ethyl adjacent to an activating group) is 1. The summed E-state index contributed by atoms with van der Waals surface area (Å²) in [6, 6.07) is 12.8. The van der Waals surface area contributed by atoms with Crippen molar-refractivity contribution in [2.45, 2.75) is 32.4 Å². The molecule has 0 fully saturated rings. The van der Waals surface area contributed by atoms with E-state index in [1.165, 1.54) is 19.1 Å². The highest BCUT2D eigenvalue weighted by atomic mass is 16.6. The van der Waals surface area contributed by atoms with Crippen molar-refractivity contribution < 1.29 is 29.0 Å². The Labute approximate surface area is 221 Å². The zero-order chi connectivity index (χ0) is 27.9. The first-order valence-corrected chi connectivity index (χ1v) is 12.0. The van der Waals surface area contributed by atoms with Crippen LogP contribution < -0.4 is 10.1 Å². The number of nitrogens with zero attached hydrogens (tertiary/aromatic N) is 3. The number of H-pyrrole nitrogens is 1. The van der Waals surface area contributed by atoms with Gasteiger partial charge in [-0.05, 0) is 56.2 Å². The molecule has 3 rings (SSSR count). The third-order valence-corrected chi connectivity index (χ3v) is 5.58. The van der Waals surface area contributed by atoms with Crippen molar-refractivity contribution in [3.05, 3.63) is 66.5 Å². The minimum absolute atomic E-state index is 0.0400. The van der Waals surface area contributed by atoms with E-state index in [1.54, 1.807) is 69.6 Å². The van der Waals surface area contributed by atoms with Crippen molar-refractivity contribution in [3.8, 4) is 16.9 Å². The number of amides is 3. The van der Waals surface area contributed by atoms with Gasteiger partial charge in [-0.2, -0.15) is 5.10 Å². The predicted octanol–water partition coefficient (Wildman–Crippen LogP) is 4.61. The molecule has 0 radical (unpaired) electrons. The number of rotatable bonds is 9. The van der Waals surface area contributed by atoms with E-state index in [0.29, 0.717) is 17.0 Å². The second-order valence-electron chi connectivity index (χ2n) is 9.61. The number of anilines is 1. The molecule has 3 amide bonds. The molecule has 38 heavy (non-hydrogen) atoms. The van der Waals surface area contributed by atoms with Gasteiger partial charge in [-0.15, -0.1) is 0 Å². The standard InChI is InChI=1S/C27H33N5O6/c1-27(2,3)38-26(36)32(14-13-31(4)25(34)35)23(19-7-6-8-22(15-19)37-5)24(33)30-21-11-9-18(10-12-21)20-16-28-29-17-20/h6-12,15-17,23H,13-14H2,1-5H3,(H,28,29)(H,30,33)(H,34,35)/t23-/m1/s1. The van der Waals surface area contributed by atoms with Crippen LogP contribution >= 0.6 is 0 Å². The number of ether oxygens (including phenoxy) is 2. The molecule has 0 bridgehead atoms. The summed E-state index contributed by atoms with van der Waals surface area (Å²) in [7, 11) is 2.89. The van der Waals surface area contributed by atoms with Crippen LogP contribution in [0.1, 0.15) is 32.4 Å². The van der Waals surface area contributed by atoms with E-state index in [2.05, 4.69) is 15.5 Å². The van der Waals surface area contributed by atoms with E-state index in [0.717, 1.165) is 16.0 Å². The summed E-state index contributed by atoms with van der Waals surface area (Å²) in [6.45, 7) is 5.02. The number of aromatic nitrogens is 2. The molecular formula is C27H33N5O6. The van der Waals surface area contributed by atoms with Crippen molar-refractivity contribution in [2.75, 3.05) is 32.6 Å². The molecule has 1 atom stereocenters. The number of benzene rings is 2. The molecule has 3 N–H and O–H groups in total. The maximum absolute atomic E-state index is 13.8. The zero-order valence-electron chi connectivity index (χ0n) is 22.1. The van der Waals surface area contributed by atoms with Crippen LogP contribution in [0.4, 0.5) is 15.3 Å². The summed E-state index contributed by atoms with van der Waals surface area (Å²) in [5.74, 6) is -0.00490. The average molecular weight is 524 g/mol. The third kappa shape index (κ3) is 7.48. The summed E-state index contributed by atoms with van der Waals surface area (Å²) < 4.78 is 11.0. The molecular weight excluding hydrogens is 490 g/mol. The van der Waals surface area contributed by atoms with Crippen LogP contribution in [0.15, 0.2) is 60.9 Å². The molecule has 0 unspecified atom stereocenters. The van der Waals surface area contributed by atoms with Gasteiger partial charge in [-0.25, -0.2) is 9.59 Å². The molecule has 0 aliphatic carbocycles. The Morgan fingerprint density at radius 1 is 1.08 bits per heavy atom. The van der Waals surface area contributed by atoms with Gasteiger partial charge in [0.2, 0.25) is 0 Å². The number of carbonyl (C=O) groups is 3. The Hall–Kier alpha value is -4.54. The van der Waals surface area contributed by atoms with Gasteiger partial charge in [0.05, 0.1) is 13.3 Å². The van der Waals surface area contributed by atoms with Crippen LogP contribution in [-0.4, -0.2) is 76.0 Å². The van der Waals surface area contributed by atoms with Crippen molar-refractivity contribution in [3.63, 3.8) is 0 Å². The Bertz CT molecular complexity index is 1240. The zero-order valence-corrected chi connectivity index (χ0v) is 22.1. The third-order valence-electron chi connectivity index (χ3n) is 5.58. The lowest BCUT2D eigenvalue weighted by molar-refractivity contribution is -0.121. The molecule has 0 saturated carbocycles. The summed E-state index contributed by atoms with van der Waals surface area (Å²) in [4.78, 5) is 40.8. The number of carboxylic acid groups (broad SMARTS) is 1. The monoisotopic (exact) mass is 523 g/mol. The lowest BCUT2D eigenvalue weighted by Crippen LogP contribution is -2.47. The van der Waals surface area contributed by atoms with Crippen LogP contribution in [0.25, 0.3) is 11.1 Å². The van der Waals surface area contributed by atoms with Crippen molar-refractivity contribution >= 4 is 23.8 Å². The predicted molar refractivity (Wildman–Crippen MR) is 142 cm³/mol. The van der Waals surface area contributed by atoms with E-state index in [1.807, 2.05) is 12.1 Å². The molecule has 3 aromatic rings. The highest BCUT2D eigenvalue weighted by molar-refractivity contribution is 5.97. The molecule has 0 spiro atoms. The minimum atomic E-state index is -1.16. The van der Waals surface area contributed by atoms with E-state index in [-0.39, 0.29) is 13.1 Å². The maximum atomic E-state index is 13.8. The van der Waals surface area contributed by atoms with Gasteiger partial charge in [-0.3, -0.25) is 14.8 Å². The fourth-order valence-corrected chi connectivity index (χ4v) is 3.65. The Balaban J connectivity index is 1.97. The van der Waals surface area contributed by atoms with E-state index < -0.39 is 29.7 Å². The number of aromatic amines is 1. The van der Waals surface area contributed by atoms with Gasteiger partial charge in [-0.1, -0.05) is 24.3 Å². The number of methoxy groups -OCH3 is 1. The van der Waals surface area contributed by atoms with Crippen molar-refractivity contribution in [2.24, 2.45) is 0 Å². The molecule has 11 nitrogen and oxygen atoms in total. The molecule has 0 saturated heterocycles. The van der Waals surface area contributed by atoms with Crippen molar-refractivity contribution in [1.29, 1.82) is 0 Å². The molecule has 0 aliphatic heterocycles. The van der Waals surface area contributed by atoms with Crippen LogP contribution in [0.5, 0.6) is 5.75 Å². The molecule has 202 valence electrons. The Morgan fingerprint density at radius 3 is 2.37 bits per heavy atom. The number of carbonyl (C=O) groups excluding carboxylic acids is 2. The molecule has 0 aliphatic rings. The quantitative estimate of drug-likeness (QED) is 0.372. The highest BCUT2D eigenvalue weighted by Crippen LogP contribution is 2.28. The number of hydrogen-bond donors (Lipinski definition) is 3. The number of hydrogen-bond acceptors (Lipinski definition) is 6. The average Bonchev–Trinajstić information content (AvgIpc) is 3.40. The molecule has 11 heteroatoms. The Morgan fingerprint density at radius 2 is 1.79 bits per heavy atom. The van der Waals surface area contributed by atoms with E-state index in [9.17, 15) is 19.5 Å². The van der Waals surface area contributed by atoms with E-state index in [4.69, 9.17) is 9.47 Å². The van der Waals surface area contributed by atoms with Crippen LogP contribution in [0.3, 0.4) is 0 Å². The summed E-state index contributed by atoms with van der Waals surface area (Å²) in [5.41, 5.74) is 1.96. The topological polar surface area (TPSA) is 137 Å². The van der Waals surface area contributed by atoms with Gasteiger partial charge in [0.1, 0.15) is 17.4 Å². The van der Waals surface area contributed by atoms with Crippen molar-refractivity contribution in [1.82, 2.24) is 20.0 Å². The second-order valence-corrected chi connectivity index (χ2v) is 9.61. The highest BCUT2D eigenvalue weighted by Gasteiger charge is 2.35. The van der Waals surface area contributed by atoms with Gasteiger partial charge in [0, 0.05) is 37.6 Å². The van der Waals surface area contributed by atoms with Crippen LogP contribution in [0.2, 0.25) is 0 Å². The number of nitrogens with one attached hydrogen (secondary N) is 2. The second kappa shape index (κ2) is 12.1. The lowest BCUT2D eigenvalue weighted by atomic mass is 10.0. The van der Waals surface area contributed by atoms with Crippen LogP contribution in [0, 0.1) is 0 Å². The van der Waals surface area contributed by atoms with E-state index >= 15 is 0 Å². The van der Waals surface area contributed by atoms with Crippen LogP contribution in [-0.2, 0) is 9.53 Å². The Kier molecular flexibility index (Phi) is 8.95. The maximum Gasteiger partial charge on any atom is 0.411 e. The molecule has 2 aromatic carbocycles. The van der Waals surface area contributed by atoms with Gasteiger partial charge < -0.3 is 24.8 Å². The lowest BCUT2D eigenvalue weighted by Gasteiger charge is -2.34.